The van der Waals surface area contributed by atoms with Crippen LogP contribution in [0.1, 0.15) is 11.4 Å². The monoisotopic (exact) mass is 307 g/mol. The van der Waals surface area contributed by atoms with Crippen LogP contribution in [0.3, 0.4) is 0 Å². The molecule has 0 saturated heterocycles. The maximum atomic E-state index is 9.20. The van der Waals surface area contributed by atoms with E-state index in [1.54, 1.807) is 18.6 Å². The van der Waals surface area contributed by atoms with Crippen molar-refractivity contribution < 1.29 is 5.11 Å². The van der Waals surface area contributed by atoms with Crippen LogP contribution in [-0.4, -0.2) is 20.1 Å². The molecule has 3 rings (SSSR count). The van der Waals surface area contributed by atoms with Gasteiger partial charge in [0.1, 0.15) is 11.6 Å². The number of rotatable bonds is 5. The molecule has 3 aromatic rings. The first kappa shape index (κ1) is 15.1. The smallest absolute Gasteiger partial charge is 0.141 e. The van der Waals surface area contributed by atoms with Gasteiger partial charge in [-0.3, -0.25) is 0 Å². The fourth-order valence-corrected chi connectivity index (χ4v) is 2.18. The first-order valence-corrected chi connectivity index (χ1v) is 7.23. The highest BCUT2D eigenvalue weighted by Gasteiger charge is 2.03. The third kappa shape index (κ3) is 3.68. The van der Waals surface area contributed by atoms with Gasteiger partial charge in [-0.2, -0.15) is 0 Å². The Hall–Kier alpha value is -2.83. The number of nitrogens with two attached hydrogens (primary N) is 1. The second-order valence-corrected chi connectivity index (χ2v) is 5.01. The number of hydrogen-bond donors (Lipinski definition) is 3. The Labute approximate surface area is 134 Å². The van der Waals surface area contributed by atoms with Crippen LogP contribution in [0.2, 0.25) is 0 Å². The van der Waals surface area contributed by atoms with Crippen molar-refractivity contribution in [2.45, 2.75) is 13.2 Å². The summed E-state index contributed by atoms with van der Waals surface area (Å²) >= 11 is 0. The van der Waals surface area contributed by atoms with Gasteiger partial charge >= 0.3 is 0 Å². The predicted octanol–water partition coefficient (Wildman–Crippen LogP) is 2.23. The predicted molar refractivity (Wildman–Crippen MR) is 88.8 cm³/mol. The lowest BCUT2D eigenvalue weighted by atomic mass is 10.1. The standard InChI is InChI=1S/C17H17N5O/c18-8-17-20-9-14(10-21-17)13-4-5-19-16(7-13)22-15-3-1-2-12(6-15)11-23/h1-7,9-10,23H,8,11,18H2,(H,19,22). The summed E-state index contributed by atoms with van der Waals surface area (Å²) in [5, 5.41) is 12.4. The molecular weight excluding hydrogens is 290 g/mol. The fourth-order valence-electron chi connectivity index (χ4n) is 2.18. The number of nitrogens with zero attached hydrogens (tertiary/aromatic N) is 3. The van der Waals surface area contributed by atoms with Crippen LogP contribution in [0.25, 0.3) is 11.1 Å². The van der Waals surface area contributed by atoms with Crippen LogP contribution in [0.4, 0.5) is 11.5 Å². The number of anilines is 2. The minimum absolute atomic E-state index is 0.00776. The highest BCUT2D eigenvalue weighted by Crippen LogP contribution is 2.22. The van der Waals surface area contributed by atoms with Crippen molar-refractivity contribution in [2.24, 2.45) is 5.73 Å². The summed E-state index contributed by atoms with van der Waals surface area (Å²) in [6.45, 7) is 0.332. The Morgan fingerprint density at radius 1 is 1.00 bits per heavy atom. The van der Waals surface area contributed by atoms with Gasteiger partial charge in [0.05, 0.1) is 13.2 Å². The van der Waals surface area contributed by atoms with Gasteiger partial charge in [-0.25, -0.2) is 15.0 Å². The number of benzene rings is 1. The lowest BCUT2D eigenvalue weighted by molar-refractivity contribution is 0.282. The molecule has 0 aliphatic heterocycles. The van der Waals surface area contributed by atoms with E-state index in [0.717, 1.165) is 22.4 Å². The maximum Gasteiger partial charge on any atom is 0.141 e. The average molecular weight is 307 g/mol. The van der Waals surface area contributed by atoms with E-state index in [-0.39, 0.29) is 6.61 Å². The third-order valence-electron chi connectivity index (χ3n) is 3.36. The SMILES string of the molecule is NCc1ncc(-c2ccnc(Nc3cccc(CO)c3)c2)cn1. The quantitative estimate of drug-likeness (QED) is 0.669. The van der Waals surface area contributed by atoms with Crippen molar-refractivity contribution in [3.8, 4) is 11.1 Å². The molecule has 0 unspecified atom stereocenters. The van der Waals surface area contributed by atoms with E-state index < -0.39 is 0 Å². The van der Waals surface area contributed by atoms with Gasteiger partial charge < -0.3 is 16.2 Å². The second-order valence-electron chi connectivity index (χ2n) is 5.01. The van der Waals surface area contributed by atoms with Gasteiger partial charge in [-0.15, -0.1) is 0 Å². The Bertz CT molecular complexity index is 789. The van der Waals surface area contributed by atoms with Crippen LogP contribution in [0.15, 0.2) is 55.0 Å². The summed E-state index contributed by atoms with van der Waals surface area (Å²) in [7, 11) is 0. The third-order valence-corrected chi connectivity index (χ3v) is 3.36. The van der Waals surface area contributed by atoms with Crippen molar-refractivity contribution in [3.63, 3.8) is 0 Å². The van der Waals surface area contributed by atoms with Gasteiger partial charge in [0.2, 0.25) is 0 Å². The zero-order valence-electron chi connectivity index (χ0n) is 12.5. The number of nitrogens with one attached hydrogen (secondary N) is 1. The molecule has 116 valence electrons. The van der Waals surface area contributed by atoms with Gasteiger partial charge in [0, 0.05) is 29.8 Å². The molecule has 0 bridgehead atoms. The van der Waals surface area contributed by atoms with Crippen LogP contribution in [0, 0.1) is 0 Å². The molecule has 0 aliphatic carbocycles. The maximum absolute atomic E-state index is 9.20. The first-order chi connectivity index (χ1) is 11.3. The van der Waals surface area contributed by atoms with Crippen molar-refractivity contribution in [2.75, 3.05) is 5.32 Å². The van der Waals surface area contributed by atoms with Gasteiger partial charge in [-0.05, 0) is 35.4 Å². The molecule has 6 heteroatoms. The van der Waals surface area contributed by atoms with Crippen molar-refractivity contribution in [1.82, 2.24) is 15.0 Å². The number of aliphatic hydroxyl groups excluding tert-OH is 1. The Morgan fingerprint density at radius 3 is 2.57 bits per heavy atom. The van der Waals surface area contributed by atoms with Gasteiger partial charge in [0.15, 0.2) is 0 Å². The minimum atomic E-state index is 0.00776. The van der Waals surface area contributed by atoms with Crippen LogP contribution < -0.4 is 11.1 Å². The molecule has 6 nitrogen and oxygen atoms in total. The molecule has 2 aromatic heterocycles. The summed E-state index contributed by atoms with van der Waals surface area (Å²) in [6.07, 6.45) is 5.23. The summed E-state index contributed by atoms with van der Waals surface area (Å²) in [4.78, 5) is 12.7. The molecule has 0 spiro atoms. The molecule has 0 saturated carbocycles. The zero-order valence-corrected chi connectivity index (χ0v) is 12.5. The van der Waals surface area contributed by atoms with Crippen molar-refractivity contribution in [3.05, 3.63) is 66.4 Å². The van der Waals surface area contributed by atoms with E-state index in [1.165, 1.54) is 0 Å². The number of aromatic nitrogens is 3. The lowest BCUT2D eigenvalue weighted by Crippen LogP contribution is -2.02. The topological polar surface area (TPSA) is 97.0 Å². The van der Waals surface area contributed by atoms with Crippen LogP contribution in [-0.2, 0) is 13.2 Å². The number of aliphatic hydroxyl groups is 1. The summed E-state index contributed by atoms with van der Waals surface area (Å²) in [6, 6.07) is 11.4. The molecule has 4 N–H and O–H groups in total. The number of hydrogen-bond acceptors (Lipinski definition) is 6. The normalized spacial score (nSPS) is 10.5. The molecule has 1 aromatic carbocycles. The first-order valence-electron chi connectivity index (χ1n) is 7.23. The highest BCUT2D eigenvalue weighted by atomic mass is 16.3. The number of pyridine rings is 1. The largest absolute Gasteiger partial charge is 0.392 e. The second kappa shape index (κ2) is 6.95. The summed E-state index contributed by atoms with van der Waals surface area (Å²) in [5.74, 6) is 1.32. The summed E-state index contributed by atoms with van der Waals surface area (Å²) < 4.78 is 0. The van der Waals surface area contributed by atoms with E-state index in [2.05, 4.69) is 20.3 Å². The Morgan fingerprint density at radius 2 is 1.83 bits per heavy atom. The Balaban J connectivity index is 1.84. The van der Waals surface area contributed by atoms with Crippen LogP contribution in [0.5, 0.6) is 0 Å². The average Bonchev–Trinajstić information content (AvgIpc) is 2.62. The zero-order chi connectivity index (χ0) is 16.1. The molecule has 0 radical (unpaired) electrons. The van der Waals surface area contributed by atoms with Crippen LogP contribution >= 0.6 is 0 Å². The molecular formula is C17H17N5O. The fraction of sp³-hybridized carbons (Fsp3) is 0.118. The van der Waals surface area contributed by atoms with E-state index in [4.69, 9.17) is 5.73 Å². The van der Waals surface area contributed by atoms with E-state index in [0.29, 0.717) is 18.2 Å². The van der Waals surface area contributed by atoms with E-state index in [1.807, 2.05) is 36.4 Å². The summed E-state index contributed by atoms with van der Waals surface area (Å²) in [5.41, 5.74) is 9.09. The molecule has 0 fully saturated rings. The Kier molecular flexibility index (Phi) is 4.56. The van der Waals surface area contributed by atoms with Crippen molar-refractivity contribution in [1.29, 1.82) is 0 Å². The molecule has 23 heavy (non-hydrogen) atoms. The molecule has 0 atom stereocenters. The highest BCUT2D eigenvalue weighted by molar-refractivity contribution is 5.67. The van der Waals surface area contributed by atoms with Gasteiger partial charge in [-0.1, -0.05) is 12.1 Å². The minimum Gasteiger partial charge on any atom is -0.392 e. The molecule has 0 aliphatic rings. The van der Waals surface area contributed by atoms with Gasteiger partial charge in [0.25, 0.3) is 0 Å². The van der Waals surface area contributed by atoms with E-state index >= 15 is 0 Å². The molecule has 2 heterocycles. The molecule has 0 amide bonds. The lowest BCUT2D eigenvalue weighted by Gasteiger charge is -2.08. The van der Waals surface area contributed by atoms with Crippen molar-refractivity contribution >= 4 is 11.5 Å². The van der Waals surface area contributed by atoms with E-state index in [9.17, 15) is 5.11 Å².